The van der Waals surface area contributed by atoms with Gasteiger partial charge in [-0.3, -0.25) is 9.59 Å². The maximum atomic E-state index is 13.1. The number of nitrogens with zero attached hydrogens (tertiary/aromatic N) is 6. The van der Waals surface area contributed by atoms with E-state index in [-0.39, 0.29) is 16.9 Å². The summed E-state index contributed by atoms with van der Waals surface area (Å²) in [5.74, 6) is -0.808. The summed E-state index contributed by atoms with van der Waals surface area (Å²) >= 11 is 0. The molecule has 2 aromatic heterocycles. The summed E-state index contributed by atoms with van der Waals surface area (Å²) < 4.78 is 41.3. The fourth-order valence-electron chi connectivity index (χ4n) is 2.68. The minimum absolute atomic E-state index is 0.145. The first-order chi connectivity index (χ1) is 14.1. The Morgan fingerprint density at radius 2 is 2.03 bits per heavy atom. The first-order valence-electron chi connectivity index (χ1n) is 8.46. The van der Waals surface area contributed by atoms with Gasteiger partial charge in [0.1, 0.15) is 30.8 Å². The van der Waals surface area contributed by atoms with Gasteiger partial charge in [0.25, 0.3) is 5.56 Å². The minimum Gasteiger partial charge on any atom is -0.323 e. The van der Waals surface area contributed by atoms with Gasteiger partial charge in [-0.25, -0.2) is 14.3 Å². The van der Waals surface area contributed by atoms with E-state index in [2.05, 4.69) is 20.5 Å². The SMILES string of the molecule is Cc1nn(CC(=O)Nc2cc(C(F)(F)F)ccc2-n2cncn2)c(=O)c(C#N)c1C. The molecule has 0 atom stereocenters. The molecule has 3 rings (SSSR count). The summed E-state index contributed by atoms with van der Waals surface area (Å²) in [6, 6.07) is 4.52. The largest absolute Gasteiger partial charge is 0.416 e. The van der Waals surface area contributed by atoms with Gasteiger partial charge in [-0.15, -0.1) is 0 Å². The molecule has 0 radical (unpaired) electrons. The molecule has 1 amide bonds. The number of aryl methyl sites for hydroxylation is 1. The van der Waals surface area contributed by atoms with E-state index >= 15 is 0 Å². The molecule has 2 heterocycles. The Labute approximate surface area is 167 Å². The van der Waals surface area contributed by atoms with E-state index in [1.165, 1.54) is 17.3 Å². The minimum atomic E-state index is -4.63. The lowest BCUT2D eigenvalue weighted by molar-refractivity contribution is -0.137. The third-order valence-electron chi connectivity index (χ3n) is 4.31. The number of amides is 1. The van der Waals surface area contributed by atoms with Crippen molar-refractivity contribution in [3.05, 3.63) is 63.6 Å². The average Bonchev–Trinajstić information content (AvgIpc) is 3.20. The lowest BCUT2D eigenvalue weighted by Gasteiger charge is -2.15. The van der Waals surface area contributed by atoms with Gasteiger partial charge in [0.2, 0.25) is 5.91 Å². The lowest BCUT2D eigenvalue weighted by Crippen LogP contribution is -2.32. The van der Waals surface area contributed by atoms with Crippen molar-refractivity contribution in [2.24, 2.45) is 0 Å². The predicted molar refractivity (Wildman–Crippen MR) is 97.7 cm³/mol. The topological polar surface area (TPSA) is 118 Å². The second-order valence-electron chi connectivity index (χ2n) is 6.28. The molecule has 30 heavy (non-hydrogen) atoms. The standard InChI is InChI=1S/C18H14F3N7O2/c1-10-11(2)26-27(17(30)13(10)6-22)7-16(29)25-14-5-12(18(19,20)21)3-4-15(14)28-9-23-8-24-28/h3-5,8-9H,7H2,1-2H3,(H,25,29). The zero-order valence-corrected chi connectivity index (χ0v) is 15.7. The monoisotopic (exact) mass is 417 g/mol. The molecular weight excluding hydrogens is 403 g/mol. The zero-order valence-electron chi connectivity index (χ0n) is 15.7. The second kappa shape index (κ2) is 7.78. The van der Waals surface area contributed by atoms with E-state index in [9.17, 15) is 22.8 Å². The fraction of sp³-hybridized carbons (Fsp3) is 0.222. The molecule has 0 saturated heterocycles. The van der Waals surface area contributed by atoms with Crippen molar-refractivity contribution < 1.29 is 18.0 Å². The molecule has 9 nitrogen and oxygen atoms in total. The van der Waals surface area contributed by atoms with Crippen molar-refractivity contribution in [2.75, 3.05) is 5.32 Å². The molecule has 12 heteroatoms. The van der Waals surface area contributed by atoms with E-state index in [1.54, 1.807) is 19.9 Å². The number of rotatable bonds is 4. The van der Waals surface area contributed by atoms with Gasteiger partial charge in [0.15, 0.2) is 0 Å². The van der Waals surface area contributed by atoms with Gasteiger partial charge in [0.05, 0.1) is 22.6 Å². The van der Waals surface area contributed by atoms with Crippen LogP contribution in [0.2, 0.25) is 0 Å². The number of nitriles is 1. The molecule has 0 bridgehead atoms. The molecule has 0 spiro atoms. The molecule has 0 fully saturated rings. The summed E-state index contributed by atoms with van der Waals surface area (Å²) in [5.41, 5.74) is -1.17. The maximum Gasteiger partial charge on any atom is 0.416 e. The molecule has 0 aliphatic carbocycles. The first-order valence-corrected chi connectivity index (χ1v) is 8.46. The maximum absolute atomic E-state index is 13.1. The van der Waals surface area contributed by atoms with Crippen LogP contribution in [0.3, 0.4) is 0 Å². The van der Waals surface area contributed by atoms with Crippen LogP contribution in [0.25, 0.3) is 5.69 Å². The summed E-state index contributed by atoms with van der Waals surface area (Å²) in [4.78, 5) is 28.6. The Hall–Kier alpha value is -4.01. The van der Waals surface area contributed by atoms with Crippen LogP contribution in [-0.2, 0) is 17.5 Å². The van der Waals surface area contributed by atoms with Crippen LogP contribution < -0.4 is 10.9 Å². The number of alkyl halides is 3. The van der Waals surface area contributed by atoms with Crippen LogP contribution in [0.15, 0.2) is 35.6 Å². The van der Waals surface area contributed by atoms with Crippen molar-refractivity contribution in [1.29, 1.82) is 5.26 Å². The summed E-state index contributed by atoms with van der Waals surface area (Å²) in [6.45, 7) is 2.53. The number of halogens is 3. The Bertz CT molecular complexity index is 1210. The van der Waals surface area contributed by atoms with Gasteiger partial charge >= 0.3 is 6.18 Å². The molecule has 1 aromatic carbocycles. The average molecular weight is 417 g/mol. The smallest absolute Gasteiger partial charge is 0.323 e. The van der Waals surface area contributed by atoms with Crippen LogP contribution in [0.4, 0.5) is 18.9 Å². The summed E-state index contributed by atoms with van der Waals surface area (Å²) in [6.07, 6.45) is -2.19. The van der Waals surface area contributed by atoms with Crippen LogP contribution in [0.5, 0.6) is 0 Å². The van der Waals surface area contributed by atoms with Gasteiger partial charge in [-0.2, -0.15) is 28.6 Å². The Morgan fingerprint density at radius 3 is 2.63 bits per heavy atom. The van der Waals surface area contributed by atoms with Gasteiger partial charge < -0.3 is 5.32 Å². The molecule has 0 unspecified atom stereocenters. The quantitative estimate of drug-likeness (QED) is 0.693. The Balaban J connectivity index is 1.96. The third-order valence-corrected chi connectivity index (χ3v) is 4.31. The highest BCUT2D eigenvalue weighted by Gasteiger charge is 2.31. The number of nitrogens with one attached hydrogen (secondary N) is 1. The number of hydrogen-bond acceptors (Lipinski definition) is 6. The number of anilines is 1. The first kappa shape index (κ1) is 20.7. The van der Waals surface area contributed by atoms with Crippen molar-refractivity contribution in [2.45, 2.75) is 26.6 Å². The highest BCUT2D eigenvalue weighted by Crippen LogP contribution is 2.33. The normalized spacial score (nSPS) is 11.2. The number of carbonyl (C=O) groups excluding carboxylic acids is 1. The van der Waals surface area contributed by atoms with E-state index in [4.69, 9.17) is 5.26 Å². The molecule has 1 N–H and O–H groups in total. The Kier molecular flexibility index (Phi) is 5.37. The number of carbonyl (C=O) groups is 1. The molecule has 0 aliphatic heterocycles. The number of benzene rings is 1. The fourth-order valence-corrected chi connectivity index (χ4v) is 2.68. The Morgan fingerprint density at radius 1 is 1.30 bits per heavy atom. The summed E-state index contributed by atoms with van der Waals surface area (Å²) in [7, 11) is 0. The predicted octanol–water partition coefficient (Wildman–Crippen LogP) is 1.97. The van der Waals surface area contributed by atoms with E-state index in [1.807, 2.05) is 0 Å². The summed E-state index contributed by atoms with van der Waals surface area (Å²) in [5, 5.41) is 19.3. The van der Waals surface area contributed by atoms with Crippen LogP contribution in [-0.4, -0.2) is 30.5 Å². The highest BCUT2D eigenvalue weighted by atomic mass is 19.4. The van der Waals surface area contributed by atoms with E-state index in [0.29, 0.717) is 11.3 Å². The van der Waals surface area contributed by atoms with Crippen LogP contribution in [0, 0.1) is 25.2 Å². The van der Waals surface area contributed by atoms with Gasteiger partial charge in [-0.1, -0.05) is 0 Å². The van der Waals surface area contributed by atoms with Crippen molar-refractivity contribution in [1.82, 2.24) is 24.5 Å². The van der Waals surface area contributed by atoms with Gasteiger partial charge in [-0.05, 0) is 37.6 Å². The van der Waals surface area contributed by atoms with E-state index < -0.39 is 29.8 Å². The molecular formula is C18H14F3N7O2. The van der Waals surface area contributed by atoms with Crippen LogP contribution >= 0.6 is 0 Å². The molecule has 0 saturated carbocycles. The lowest BCUT2D eigenvalue weighted by atomic mass is 10.1. The molecule has 154 valence electrons. The van der Waals surface area contributed by atoms with Crippen LogP contribution in [0.1, 0.15) is 22.4 Å². The highest BCUT2D eigenvalue weighted by molar-refractivity contribution is 5.92. The number of hydrogen-bond donors (Lipinski definition) is 1. The van der Waals surface area contributed by atoms with E-state index in [0.717, 1.165) is 22.9 Å². The van der Waals surface area contributed by atoms with Crippen molar-refractivity contribution in [3.8, 4) is 11.8 Å². The number of aromatic nitrogens is 5. The zero-order chi connectivity index (χ0) is 22.1. The van der Waals surface area contributed by atoms with Crippen molar-refractivity contribution in [3.63, 3.8) is 0 Å². The second-order valence-corrected chi connectivity index (χ2v) is 6.28. The van der Waals surface area contributed by atoms with Crippen molar-refractivity contribution >= 4 is 11.6 Å². The molecule has 0 aliphatic rings. The van der Waals surface area contributed by atoms with Gasteiger partial charge in [0, 0.05) is 0 Å². The third kappa shape index (κ3) is 4.04. The molecule has 3 aromatic rings.